The molecule has 0 unspecified atom stereocenters. The highest BCUT2D eigenvalue weighted by atomic mass is 19.1. The molecule has 10 nitrogen and oxygen atoms in total. The number of nitro benzene ring substituents is 1. The van der Waals surface area contributed by atoms with Crippen LogP contribution in [0.5, 0.6) is 0 Å². The number of non-ortho nitro benzene ring substituents is 1. The van der Waals surface area contributed by atoms with Crippen LogP contribution in [0.2, 0.25) is 0 Å². The first-order valence-corrected chi connectivity index (χ1v) is 10.6. The summed E-state index contributed by atoms with van der Waals surface area (Å²) in [5, 5.41) is 19.1. The van der Waals surface area contributed by atoms with Crippen molar-refractivity contribution in [3.63, 3.8) is 0 Å². The molecule has 3 aromatic carbocycles. The number of ether oxygens (including phenoxy) is 1. The third kappa shape index (κ3) is 5.53. The van der Waals surface area contributed by atoms with Gasteiger partial charge in [-0.15, -0.1) is 0 Å². The van der Waals surface area contributed by atoms with Crippen molar-refractivity contribution in [1.29, 1.82) is 0 Å². The lowest BCUT2D eigenvalue weighted by Crippen LogP contribution is -2.21. The number of hydrazone groups is 1. The van der Waals surface area contributed by atoms with Crippen LogP contribution in [0.4, 0.5) is 14.5 Å². The molecule has 186 valence electrons. The van der Waals surface area contributed by atoms with Gasteiger partial charge in [0.05, 0.1) is 29.5 Å². The lowest BCUT2D eigenvalue weighted by molar-refractivity contribution is -0.384. The Kier molecular flexibility index (Phi) is 7.09. The summed E-state index contributed by atoms with van der Waals surface area (Å²) in [7, 11) is 1.27. The number of halogens is 2. The standard InChI is InChI=1S/C25H17F2N5O5/c1-37-25(34)17-4-2-15(3-5-17)14-28-29-24(33)23-13-21(16-6-9-19(10-7-16)32(35)36)30-31(23)22-11-8-18(26)12-20(22)27/h2-14H,1H3,(H,29,33)/b28-14+. The molecular weight excluding hydrogens is 488 g/mol. The summed E-state index contributed by atoms with van der Waals surface area (Å²) < 4.78 is 33.6. The molecule has 0 fully saturated rings. The maximum Gasteiger partial charge on any atom is 0.337 e. The van der Waals surface area contributed by atoms with E-state index < -0.39 is 28.4 Å². The minimum atomic E-state index is -0.957. The number of esters is 1. The Hall–Kier alpha value is -5.26. The summed E-state index contributed by atoms with van der Waals surface area (Å²) in [6.45, 7) is 0. The zero-order valence-electron chi connectivity index (χ0n) is 19.1. The van der Waals surface area contributed by atoms with Crippen molar-refractivity contribution in [2.24, 2.45) is 5.10 Å². The molecule has 1 aromatic heterocycles. The Morgan fingerprint density at radius 2 is 1.76 bits per heavy atom. The number of nitrogens with zero attached hydrogens (tertiary/aromatic N) is 4. The molecule has 4 aromatic rings. The molecule has 0 spiro atoms. The lowest BCUT2D eigenvalue weighted by atomic mass is 10.1. The van der Waals surface area contributed by atoms with Gasteiger partial charge in [0, 0.05) is 23.8 Å². The van der Waals surface area contributed by atoms with Crippen molar-refractivity contribution in [2.45, 2.75) is 0 Å². The van der Waals surface area contributed by atoms with Crippen molar-refractivity contribution in [2.75, 3.05) is 7.11 Å². The monoisotopic (exact) mass is 505 g/mol. The number of hydrogen-bond acceptors (Lipinski definition) is 7. The Morgan fingerprint density at radius 1 is 1.05 bits per heavy atom. The zero-order chi connectivity index (χ0) is 26.5. The van der Waals surface area contributed by atoms with Crippen molar-refractivity contribution in [1.82, 2.24) is 15.2 Å². The van der Waals surface area contributed by atoms with Gasteiger partial charge in [-0.25, -0.2) is 23.7 Å². The largest absolute Gasteiger partial charge is 0.465 e. The van der Waals surface area contributed by atoms with Crippen LogP contribution in [0.15, 0.2) is 77.9 Å². The van der Waals surface area contributed by atoms with E-state index in [1.54, 1.807) is 12.1 Å². The maximum absolute atomic E-state index is 14.6. The number of hydrogen-bond donors (Lipinski definition) is 1. The van der Waals surface area contributed by atoms with Crippen molar-refractivity contribution in [3.05, 3.63) is 111 Å². The third-order valence-corrected chi connectivity index (χ3v) is 5.17. The fourth-order valence-electron chi connectivity index (χ4n) is 3.32. The average molecular weight is 505 g/mol. The molecular formula is C25H17F2N5O5. The lowest BCUT2D eigenvalue weighted by Gasteiger charge is -2.07. The normalized spacial score (nSPS) is 10.9. The van der Waals surface area contributed by atoms with E-state index in [4.69, 9.17) is 0 Å². The highest BCUT2D eigenvalue weighted by Gasteiger charge is 2.20. The van der Waals surface area contributed by atoms with Crippen molar-refractivity contribution >= 4 is 23.8 Å². The smallest absolute Gasteiger partial charge is 0.337 e. The highest BCUT2D eigenvalue weighted by molar-refractivity contribution is 5.95. The summed E-state index contributed by atoms with van der Waals surface area (Å²) in [4.78, 5) is 34.9. The molecule has 1 N–H and O–H groups in total. The number of aromatic nitrogens is 2. The van der Waals surface area contributed by atoms with E-state index >= 15 is 0 Å². The zero-order valence-corrected chi connectivity index (χ0v) is 19.1. The Labute approximate surface area is 208 Å². The predicted octanol–water partition coefficient (Wildman–Crippen LogP) is 4.28. The molecule has 0 aliphatic rings. The number of carbonyl (C=O) groups excluding carboxylic acids is 2. The number of methoxy groups -OCH3 is 1. The Morgan fingerprint density at radius 3 is 2.38 bits per heavy atom. The number of benzene rings is 3. The quantitative estimate of drug-likeness (QED) is 0.173. The topological polar surface area (TPSA) is 129 Å². The molecule has 0 bridgehead atoms. The van der Waals surface area contributed by atoms with Gasteiger partial charge < -0.3 is 4.74 Å². The van der Waals surface area contributed by atoms with E-state index in [0.717, 1.165) is 16.8 Å². The molecule has 37 heavy (non-hydrogen) atoms. The van der Waals surface area contributed by atoms with Crippen LogP contribution in [0, 0.1) is 21.7 Å². The molecule has 1 amide bonds. The average Bonchev–Trinajstić information content (AvgIpc) is 3.34. The van der Waals surface area contributed by atoms with Crippen molar-refractivity contribution < 1.29 is 28.0 Å². The number of amides is 1. The van der Waals surface area contributed by atoms with Gasteiger partial charge in [0.25, 0.3) is 11.6 Å². The molecule has 0 aliphatic heterocycles. The Balaban J connectivity index is 1.64. The van der Waals surface area contributed by atoms with Gasteiger partial charge >= 0.3 is 5.97 Å². The second-order valence-corrected chi connectivity index (χ2v) is 7.54. The molecule has 0 aliphatic carbocycles. The molecule has 0 saturated carbocycles. The molecule has 1 heterocycles. The molecule has 0 atom stereocenters. The van der Waals surface area contributed by atoms with E-state index in [-0.39, 0.29) is 22.8 Å². The predicted molar refractivity (Wildman–Crippen MR) is 128 cm³/mol. The number of nitro groups is 1. The molecule has 0 saturated heterocycles. The third-order valence-electron chi connectivity index (χ3n) is 5.17. The van der Waals surface area contributed by atoms with Gasteiger partial charge in [0.2, 0.25) is 0 Å². The second kappa shape index (κ2) is 10.6. The fraction of sp³-hybridized carbons (Fsp3) is 0.0400. The van der Waals surface area contributed by atoms with Gasteiger partial charge in [-0.1, -0.05) is 12.1 Å². The van der Waals surface area contributed by atoms with Crippen LogP contribution >= 0.6 is 0 Å². The number of carbonyl (C=O) groups is 2. The fourth-order valence-corrected chi connectivity index (χ4v) is 3.32. The summed E-state index contributed by atoms with van der Waals surface area (Å²) in [6, 6.07) is 15.8. The van der Waals surface area contributed by atoms with Gasteiger partial charge in [0.1, 0.15) is 17.2 Å². The first-order valence-electron chi connectivity index (χ1n) is 10.6. The van der Waals surface area contributed by atoms with Crippen LogP contribution < -0.4 is 5.43 Å². The minimum absolute atomic E-state index is 0.128. The Bertz CT molecular complexity index is 1520. The van der Waals surface area contributed by atoms with E-state index in [9.17, 15) is 28.5 Å². The van der Waals surface area contributed by atoms with Gasteiger partial charge in [-0.3, -0.25) is 14.9 Å². The van der Waals surface area contributed by atoms with Crippen LogP contribution in [-0.2, 0) is 4.74 Å². The number of rotatable bonds is 7. The highest BCUT2D eigenvalue weighted by Crippen LogP contribution is 2.25. The van der Waals surface area contributed by atoms with Crippen LogP contribution in [0.25, 0.3) is 16.9 Å². The maximum atomic E-state index is 14.6. The van der Waals surface area contributed by atoms with Gasteiger partial charge in [-0.05, 0) is 48.0 Å². The van der Waals surface area contributed by atoms with E-state index in [1.165, 1.54) is 55.8 Å². The summed E-state index contributed by atoms with van der Waals surface area (Å²) >= 11 is 0. The van der Waals surface area contributed by atoms with E-state index in [2.05, 4.69) is 20.4 Å². The molecule has 12 heteroatoms. The summed E-state index contributed by atoms with van der Waals surface area (Å²) in [5.41, 5.74) is 3.41. The van der Waals surface area contributed by atoms with Crippen LogP contribution in [0.3, 0.4) is 0 Å². The first-order chi connectivity index (χ1) is 17.8. The van der Waals surface area contributed by atoms with Gasteiger partial charge in [-0.2, -0.15) is 10.2 Å². The van der Waals surface area contributed by atoms with Gasteiger partial charge in [0.15, 0.2) is 5.82 Å². The second-order valence-electron chi connectivity index (χ2n) is 7.54. The SMILES string of the molecule is COC(=O)c1ccc(/C=N/NC(=O)c2cc(-c3ccc([N+](=O)[O-])cc3)nn2-c2ccc(F)cc2F)cc1. The summed E-state index contributed by atoms with van der Waals surface area (Å²) in [5.74, 6) is -3.02. The molecule has 0 radical (unpaired) electrons. The van der Waals surface area contributed by atoms with Crippen LogP contribution in [0.1, 0.15) is 26.4 Å². The van der Waals surface area contributed by atoms with Crippen LogP contribution in [-0.4, -0.2) is 39.9 Å². The first kappa shape index (κ1) is 24.9. The summed E-state index contributed by atoms with van der Waals surface area (Å²) in [6.07, 6.45) is 1.33. The molecule has 4 rings (SSSR count). The number of nitrogens with one attached hydrogen (secondary N) is 1. The van der Waals surface area contributed by atoms with E-state index in [0.29, 0.717) is 22.8 Å². The minimum Gasteiger partial charge on any atom is -0.465 e. The van der Waals surface area contributed by atoms with Crippen molar-refractivity contribution in [3.8, 4) is 16.9 Å². The van der Waals surface area contributed by atoms with E-state index in [1.807, 2.05) is 0 Å².